The molecule has 1 aromatic heterocycles. The summed E-state index contributed by atoms with van der Waals surface area (Å²) in [5.41, 5.74) is 1.47. The molecule has 3 rings (SSSR count). The molecule has 0 saturated carbocycles. The number of benzene rings is 1. The molecule has 2 aromatic rings. The average molecular weight is 301 g/mol. The van der Waals surface area contributed by atoms with Gasteiger partial charge >= 0.3 is 5.97 Å². The largest absolute Gasteiger partial charge is 0.465 e. The standard InChI is InChI=1S/C16H19N3O3/c1-22-16(21)11-6-7-12-13(10-11)17-14(15(20)18-12)19-8-4-2-3-5-9-19/h6-7,10H,2-5,8-9H2,1H3,(H,18,20). The van der Waals surface area contributed by atoms with Gasteiger partial charge in [0, 0.05) is 13.1 Å². The predicted octanol–water partition coefficient (Wildman–Crippen LogP) is 2.09. The van der Waals surface area contributed by atoms with Crippen LogP contribution in [0.5, 0.6) is 0 Å². The molecular formula is C16H19N3O3. The minimum Gasteiger partial charge on any atom is -0.465 e. The van der Waals surface area contributed by atoms with Crippen LogP contribution < -0.4 is 10.5 Å². The van der Waals surface area contributed by atoms with E-state index in [1.807, 2.05) is 4.90 Å². The van der Waals surface area contributed by atoms with Gasteiger partial charge in [0.05, 0.1) is 23.7 Å². The number of hydrogen-bond acceptors (Lipinski definition) is 5. The van der Waals surface area contributed by atoms with Crippen molar-refractivity contribution in [1.29, 1.82) is 0 Å². The number of ether oxygens (including phenoxy) is 1. The lowest BCUT2D eigenvalue weighted by Crippen LogP contribution is -2.31. The molecule has 116 valence electrons. The van der Waals surface area contributed by atoms with Crippen molar-refractivity contribution in [2.24, 2.45) is 0 Å². The molecule has 1 aliphatic heterocycles. The van der Waals surface area contributed by atoms with E-state index < -0.39 is 5.97 Å². The highest BCUT2D eigenvalue weighted by atomic mass is 16.5. The molecule has 1 aliphatic rings. The number of carbonyl (C=O) groups is 1. The highest BCUT2D eigenvalue weighted by Crippen LogP contribution is 2.17. The zero-order chi connectivity index (χ0) is 15.5. The van der Waals surface area contributed by atoms with Crippen LogP contribution in [0.4, 0.5) is 5.82 Å². The Balaban J connectivity index is 2.04. The smallest absolute Gasteiger partial charge is 0.337 e. The molecule has 0 atom stereocenters. The number of fused-ring (bicyclic) bond motifs is 1. The second-order valence-corrected chi connectivity index (χ2v) is 5.51. The molecule has 6 nitrogen and oxygen atoms in total. The maximum atomic E-state index is 12.3. The van der Waals surface area contributed by atoms with Crippen molar-refractivity contribution in [2.45, 2.75) is 25.7 Å². The monoisotopic (exact) mass is 301 g/mol. The third-order valence-corrected chi connectivity index (χ3v) is 4.00. The highest BCUT2D eigenvalue weighted by Gasteiger charge is 2.16. The molecule has 1 aromatic carbocycles. The van der Waals surface area contributed by atoms with Crippen molar-refractivity contribution < 1.29 is 9.53 Å². The van der Waals surface area contributed by atoms with Crippen molar-refractivity contribution in [3.63, 3.8) is 0 Å². The number of aromatic nitrogens is 2. The molecule has 22 heavy (non-hydrogen) atoms. The maximum Gasteiger partial charge on any atom is 0.337 e. The summed E-state index contributed by atoms with van der Waals surface area (Å²) in [6.07, 6.45) is 4.52. The summed E-state index contributed by atoms with van der Waals surface area (Å²) in [6.45, 7) is 1.69. The minimum atomic E-state index is -0.411. The maximum absolute atomic E-state index is 12.3. The number of carbonyl (C=O) groups excluding carboxylic acids is 1. The van der Waals surface area contributed by atoms with E-state index >= 15 is 0 Å². The van der Waals surface area contributed by atoms with Gasteiger partial charge in [0.1, 0.15) is 0 Å². The van der Waals surface area contributed by atoms with E-state index in [0.717, 1.165) is 25.9 Å². The van der Waals surface area contributed by atoms with Gasteiger partial charge in [0.2, 0.25) is 0 Å². The summed E-state index contributed by atoms with van der Waals surface area (Å²) in [6, 6.07) is 4.96. The van der Waals surface area contributed by atoms with Gasteiger partial charge in [0.25, 0.3) is 5.56 Å². The second kappa shape index (κ2) is 6.17. The molecular weight excluding hydrogens is 282 g/mol. The summed E-state index contributed by atoms with van der Waals surface area (Å²) in [5, 5.41) is 0. The first kappa shape index (κ1) is 14.6. The fourth-order valence-corrected chi connectivity index (χ4v) is 2.81. The van der Waals surface area contributed by atoms with Crippen LogP contribution in [-0.4, -0.2) is 36.1 Å². The van der Waals surface area contributed by atoms with Crippen LogP contribution in [0, 0.1) is 0 Å². The molecule has 0 bridgehead atoms. The number of methoxy groups -OCH3 is 1. The number of H-pyrrole nitrogens is 1. The molecule has 1 fully saturated rings. The number of hydrogen-bond donors (Lipinski definition) is 1. The van der Waals surface area contributed by atoms with Crippen LogP contribution in [0.3, 0.4) is 0 Å². The molecule has 6 heteroatoms. The van der Waals surface area contributed by atoms with Gasteiger partial charge in [0.15, 0.2) is 5.82 Å². The normalized spacial score (nSPS) is 15.6. The Hall–Kier alpha value is -2.37. The third kappa shape index (κ3) is 2.81. The third-order valence-electron chi connectivity index (χ3n) is 4.00. The van der Waals surface area contributed by atoms with Crippen LogP contribution in [-0.2, 0) is 4.74 Å². The van der Waals surface area contributed by atoms with E-state index in [9.17, 15) is 9.59 Å². The first-order chi connectivity index (χ1) is 10.7. The van der Waals surface area contributed by atoms with E-state index in [1.165, 1.54) is 20.0 Å². The highest BCUT2D eigenvalue weighted by molar-refractivity contribution is 5.93. The van der Waals surface area contributed by atoms with Gasteiger partial charge in [-0.3, -0.25) is 4.79 Å². The molecule has 1 saturated heterocycles. The van der Waals surface area contributed by atoms with Crippen molar-refractivity contribution in [3.8, 4) is 0 Å². The number of esters is 1. The van der Waals surface area contributed by atoms with Gasteiger partial charge in [-0.1, -0.05) is 12.8 Å². The van der Waals surface area contributed by atoms with Crippen LogP contribution in [0.15, 0.2) is 23.0 Å². The topological polar surface area (TPSA) is 75.3 Å². The van der Waals surface area contributed by atoms with E-state index in [2.05, 4.69) is 9.97 Å². The number of nitrogens with zero attached hydrogens (tertiary/aromatic N) is 2. The van der Waals surface area contributed by atoms with Crippen LogP contribution in [0.2, 0.25) is 0 Å². The fraction of sp³-hybridized carbons (Fsp3) is 0.438. The summed E-state index contributed by atoms with van der Waals surface area (Å²) in [4.78, 5) is 33.3. The molecule has 0 radical (unpaired) electrons. The Kier molecular flexibility index (Phi) is 4.09. The lowest BCUT2D eigenvalue weighted by atomic mass is 10.2. The van der Waals surface area contributed by atoms with Crippen molar-refractivity contribution >= 4 is 22.8 Å². The zero-order valence-electron chi connectivity index (χ0n) is 12.6. The van der Waals surface area contributed by atoms with Gasteiger partial charge in [-0.15, -0.1) is 0 Å². The Morgan fingerprint density at radius 1 is 1.23 bits per heavy atom. The SMILES string of the molecule is COC(=O)c1ccc2[nH]c(=O)c(N3CCCCCC3)nc2c1. The second-order valence-electron chi connectivity index (χ2n) is 5.51. The molecule has 1 N–H and O–H groups in total. The summed E-state index contributed by atoms with van der Waals surface area (Å²) >= 11 is 0. The van der Waals surface area contributed by atoms with Crippen molar-refractivity contribution in [1.82, 2.24) is 9.97 Å². The van der Waals surface area contributed by atoms with Crippen LogP contribution >= 0.6 is 0 Å². The zero-order valence-corrected chi connectivity index (χ0v) is 12.6. The molecule has 0 spiro atoms. The van der Waals surface area contributed by atoms with Crippen LogP contribution in [0.1, 0.15) is 36.0 Å². The van der Waals surface area contributed by atoms with Crippen molar-refractivity contribution in [2.75, 3.05) is 25.1 Å². The Bertz CT molecular complexity index is 746. The Morgan fingerprint density at radius 3 is 2.64 bits per heavy atom. The molecule has 0 unspecified atom stereocenters. The van der Waals surface area contributed by atoms with E-state index in [0.29, 0.717) is 22.4 Å². The lowest BCUT2D eigenvalue weighted by Gasteiger charge is -2.20. The Morgan fingerprint density at radius 2 is 1.95 bits per heavy atom. The number of aromatic amines is 1. The summed E-state index contributed by atoms with van der Waals surface area (Å²) in [5.74, 6) is 0.0302. The van der Waals surface area contributed by atoms with E-state index in [1.54, 1.807) is 18.2 Å². The van der Waals surface area contributed by atoms with Gasteiger partial charge < -0.3 is 14.6 Å². The summed E-state index contributed by atoms with van der Waals surface area (Å²) in [7, 11) is 1.34. The fourth-order valence-electron chi connectivity index (χ4n) is 2.81. The van der Waals surface area contributed by atoms with Gasteiger partial charge in [-0.25, -0.2) is 9.78 Å². The molecule has 2 heterocycles. The van der Waals surface area contributed by atoms with Gasteiger partial charge in [-0.2, -0.15) is 0 Å². The van der Waals surface area contributed by atoms with E-state index in [-0.39, 0.29) is 5.56 Å². The lowest BCUT2D eigenvalue weighted by molar-refractivity contribution is 0.0601. The number of nitrogens with one attached hydrogen (secondary N) is 1. The Labute approximate surface area is 128 Å². The predicted molar refractivity (Wildman–Crippen MR) is 84.4 cm³/mol. The average Bonchev–Trinajstić information content (AvgIpc) is 2.82. The van der Waals surface area contributed by atoms with Crippen LogP contribution in [0.25, 0.3) is 11.0 Å². The van der Waals surface area contributed by atoms with Gasteiger partial charge in [-0.05, 0) is 31.0 Å². The first-order valence-electron chi connectivity index (χ1n) is 7.56. The first-order valence-corrected chi connectivity index (χ1v) is 7.56. The molecule has 0 aliphatic carbocycles. The van der Waals surface area contributed by atoms with Crippen molar-refractivity contribution in [3.05, 3.63) is 34.1 Å². The number of anilines is 1. The quantitative estimate of drug-likeness (QED) is 0.860. The summed E-state index contributed by atoms with van der Waals surface area (Å²) < 4.78 is 4.72. The molecule has 0 amide bonds. The van der Waals surface area contributed by atoms with E-state index in [4.69, 9.17) is 4.74 Å². The number of rotatable bonds is 2. The minimum absolute atomic E-state index is 0.180.